The summed E-state index contributed by atoms with van der Waals surface area (Å²) >= 11 is 0. The lowest BCUT2D eigenvalue weighted by Crippen LogP contribution is -2.33. The number of hydrogen-bond donors (Lipinski definition) is 1. The molecule has 1 unspecified atom stereocenters. The molecule has 0 spiro atoms. The van der Waals surface area contributed by atoms with Crippen molar-refractivity contribution in [1.82, 2.24) is 9.88 Å². The Labute approximate surface area is 184 Å². The van der Waals surface area contributed by atoms with Crippen LogP contribution in [-0.2, 0) is 22.4 Å². The van der Waals surface area contributed by atoms with Crippen molar-refractivity contribution in [3.63, 3.8) is 0 Å². The van der Waals surface area contributed by atoms with E-state index < -0.39 is 12.0 Å². The average Bonchev–Trinajstić information content (AvgIpc) is 3.22. The van der Waals surface area contributed by atoms with E-state index >= 15 is 0 Å². The van der Waals surface area contributed by atoms with Crippen LogP contribution < -0.4 is 4.90 Å². The Hall–Kier alpha value is -2.44. The Morgan fingerprint density at radius 2 is 2.03 bits per heavy atom. The summed E-state index contributed by atoms with van der Waals surface area (Å²) < 4.78 is 6.08. The van der Waals surface area contributed by atoms with Gasteiger partial charge in [0, 0.05) is 39.0 Å². The van der Waals surface area contributed by atoms with Gasteiger partial charge in [-0.05, 0) is 56.2 Å². The third kappa shape index (κ3) is 5.43. The van der Waals surface area contributed by atoms with Crippen LogP contribution in [0.1, 0.15) is 48.7 Å². The molecule has 0 aliphatic carbocycles. The molecule has 1 N–H and O–H groups in total. The van der Waals surface area contributed by atoms with E-state index in [9.17, 15) is 9.90 Å². The number of aliphatic carboxylic acids is 1. The van der Waals surface area contributed by atoms with Crippen LogP contribution in [0, 0.1) is 0 Å². The van der Waals surface area contributed by atoms with Crippen molar-refractivity contribution in [1.29, 1.82) is 0 Å². The van der Waals surface area contributed by atoms with Gasteiger partial charge in [0.2, 0.25) is 0 Å². The minimum Gasteiger partial charge on any atom is -0.480 e. The standard InChI is InChI=1S/C25H33N3O3/c1-27-15-7-11-22-23(27)13-12-20(26-22)10-5-6-17-31-21-14-16-28(18-21)24(25(29)30)19-8-3-2-4-9-19/h2-4,8-9,12-13,21,24H,5-7,10-11,14-18H2,1H3,(H,29,30)/t21-,24?/m1/s1. The smallest absolute Gasteiger partial charge is 0.325 e. The Morgan fingerprint density at radius 1 is 1.19 bits per heavy atom. The van der Waals surface area contributed by atoms with Crippen molar-refractivity contribution in [2.24, 2.45) is 0 Å². The highest BCUT2D eigenvalue weighted by molar-refractivity contribution is 5.75. The third-order valence-electron chi connectivity index (χ3n) is 6.40. The first-order valence-electron chi connectivity index (χ1n) is 11.4. The van der Waals surface area contributed by atoms with Crippen LogP contribution in [0.5, 0.6) is 0 Å². The Kier molecular flexibility index (Phi) is 7.20. The number of nitrogens with zero attached hydrogens (tertiary/aromatic N) is 3. The summed E-state index contributed by atoms with van der Waals surface area (Å²) in [7, 11) is 2.14. The molecule has 4 rings (SSSR count). The molecule has 0 radical (unpaired) electrons. The Morgan fingerprint density at radius 3 is 2.84 bits per heavy atom. The molecule has 31 heavy (non-hydrogen) atoms. The zero-order valence-corrected chi connectivity index (χ0v) is 18.4. The number of aromatic nitrogens is 1. The molecule has 0 amide bonds. The van der Waals surface area contributed by atoms with E-state index in [1.165, 1.54) is 23.5 Å². The van der Waals surface area contributed by atoms with Gasteiger partial charge in [-0.2, -0.15) is 0 Å². The lowest BCUT2D eigenvalue weighted by atomic mass is 10.1. The second-order valence-corrected chi connectivity index (χ2v) is 8.68. The van der Waals surface area contributed by atoms with Crippen molar-refractivity contribution in [2.45, 2.75) is 50.7 Å². The van der Waals surface area contributed by atoms with Gasteiger partial charge in [0.25, 0.3) is 0 Å². The van der Waals surface area contributed by atoms with Gasteiger partial charge < -0.3 is 14.7 Å². The Bertz CT molecular complexity index is 874. The van der Waals surface area contributed by atoms with E-state index in [0.29, 0.717) is 6.54 Å². The number of carboxylic acid groups (broad SMARTS) is 1. The third-order valence-corrected chi connectivity index (χ3v) is 6.40. The molecule has 6 nitrogen and oxygen atoms in total. The molecule has 1 aromatic heterocycles. The number of pyridine rings is 1. The number of rotatable bonds is 9. The van der Waals surface area contributed by atoms with E-state index in [0.717, 1.165) is 57.4 Å². The quantitative estimate of drug-likeness (QED) is 0.621. The molecule has 1 aromatic carbocycles. The molecule has 3 heterocycles. The molecule has 2 atom stereocenters. The fraction of sp³-hybridized carbons (Fsp3) is 0.520. The second-order valence-electron chi connectivity index (χ2n) is 8.68. The van der Waals surface area contributed by atoms with Crippen molar-refractivity contribution < 1.29 is 14.6 Å². The van der Waals surface area contributed by atoms with Gasteiger partial charge in [-0.25, -0.2) is 0 Å². The highest BCUT2D eigenvalue weighted by Crippen LogP contribution is 2.27. The molecule has 2 aliphatic rings. The minimum atomic E-state index is -0.796. The number of fused-ring (bicyclic) bond motifs is 1. The summed E-state index contributed by atoms with van der Waals surface area (Å²) in [5.41, 5.74) is 4.52. The first-order chi connectivity index (χ1) is 15.1. The molecule has 1 saturated heterocycles. The number of anilines is 1. The van der Waals surface area contributed by atoms with Gasteiger partial charge in [0.1, 0.15) is 6.04 Å². The van der Waals surface area contributed by atoms with Crippen molar-refractivity contribution in [3.8, 4) is 0 Å². The number of benzene rings is 1. The molecule has 2 aromatic rings. The largest absolute Gasteiger partial charge is 0.480 e. The number of carbonyl (C=O) groups is 1. The van der Waals surface area contributed by atoms with Crippen molar-refractivity contribution in [3.05, 3.63) is 59.4 Å². The monoisotopic (exact) mass is 423 g/mol. The molecular weight excluding hydrogens is 390 g/mol. The number of unbranched alkanes of at least 4 members (excludes halogenated alkanes) is 1. The van der Waals surface area contributed by atoms with E-state index in [1.54, 1.807) is 0 Å². The van der Waals surface area contributed by atoms with Gasteiger partial charge in [0.05, 0.1) is 17.5 Å². The summed E-state index contributed by atoms with van der Waals surface area (Å²) in [6, 6.07) is 13.3. The number of hydrogen-bond acceptors (Lipinski definition) is 5. The van der Waals surface area contributed by atoms with Gasteiger partial charge >= 0.3 is 5.97 Å². The lowest BCUT2D eigenvalue weighted by Gasteiger charge is -2.26. The van der Waals surface area contributed by atoms with Gasteiger partial charge in [-0.3, -0.25) is 14.7 Å². The fourth-order valence-corrected chi connectivity index (χ4v) is 4.74. The van der Waals surface area contributed by atoms with Gasteiger partial charge in [-0.1, -0.05) is 30.3 Å². The number of carboxylic acids is 1. The highest BCUT2D eigenvalue weighted by Gasteiger charge is 2.33. The highest BCUT2D eigenvalue weighted by atomic mass is 16.5. The fourth-order valence-electron chi connectivity index (χ4n) is 4.74. The first-order valence-corrected chi connectivity index (χ1v) is 11.4. The molecular formula is C25H33N3O3. The summed E-state index contributed by atoms with van der Waals surface area (Å²) in [6.07, 6.45) is 6.29. The topological polar surface area (TPSA) is 65.9 Å². The van der Waals surface area contributed by atoms with Crippen molar-refractivity contribution >= 4 is 11.7 Å². The van der Waals surface area contributed by atoms with Crippen LogP contribution in [-0.4, -0.2) is 60.4 Å². The molecule has 0 bridgehead atoms. The second kappa shape index (κ2) is 10.2. The number of aryl methyl sites for hydroxylation is 2. The first kappa shape index (κ1) is 21.8. The molecule has 1 fully saturated rings. The van der Waals surface area contributed by atoms with E-state index in [1.807, 2.05) is 35.2 Å². The van der Waals surface area contributed by atoms with E-state index in [-0.39, 0.29) is 6.10 Å². The van der Waals surface area contributed by atoms with E-state index in [4.69, 9.17) is 9.72 Å². The zero-order valence-electron chi connectivity index (χ0n) is 18.4. The molecule has 2 aliphatic heterocycles. The number of ether oxygens (including phenoxy) is 1. The average molecular weight is 424 g/mol. The van der Waals surface area contributed by atoms with Crippen LogP contribution >= 0.6 is 0 Å². The maximum atomic E-state index is 11.8. The predicted octanol–water partition coefficient (Wildman–Crippen LogP) is 3.70. The maximum absolute atomic E-state index is 11.8. The molecule has 6 heteroatoms. The molecule has 0 saturated carbocycles. The van der Waals surface area contributed by atoms with Gasteiger partial charge in [-0.15, -0.1) is 0 Å². The number of likely N-dealkylation sites (tertiary alicyclic amines) is 1. The summed E-state index contributed by atoms with van der Waals surface area (Å²) in [4.78, 5) is 21.0. The van der Waals surface area contributed by atoms with Gasteiger partial charge in [0.15, 0.2) is 0 Å². The predicted molar refractivity (Wildman–Crippen MR) is 122 cm³/mol. The normalized spacial score (nSPS) is 19.9. The van der Waals surface area contributed by atoms with E-state index in [2.05, 4.69) is 24.1 Å². The van der Waals surface area contributed by atoms with Crippen LogP contribution in [0.2, 0.25) is 0 Å². The summed E-state index contributed by atoms with van der Waals surface area (Å²) in [5.74, 6) is -0.796. The van der Waals surface area contributed by atoms with Crippen LogP contribution in [0.25, 0.3) is 0 Å². The maximum Gasteiger partial charge on any atom is 0.325 e. The minimum absolute atomic E-state index is 0.114. The van der Waals surface area contributed by atoms with Crippen LogP contribution in [0.15, 0.2) is 42.5 Å². The summed E-state index contributed by atoms with van der Waals surface area (Å²) in [5, 5.41) is 9.73. The lowest BCUT2D eigenvalue weighted by molar-refractivity contribution is -0.143. The Balaban J connectivity index is 1.19. The van der Waals surface area contributed by atoms with Crippen molar-refractivity contribution in [2.75, 3.05) is 38.2 Å². The van der Waals surface area contributed by atoms with Crippen LogP contribution in [0.4, 0.5) is 5.69 Å². The van der Waals surface area contributed by atoms with Crippen LogP contribution in [0.3, 0.4) is 0 Å². The molecule has 166 valence electrons. The SMILES string of the molecule is CN1CCCc2nc(CCCCO[C@@H]3CCN(C(C(=O)O)c4ccccc4)C3)ccc21. The summed E-state index contributed by atoms with van der Waals surface area (Å²) in [6.45, 7) is 3.26. The zero-order chi connectivity index (χ0) is 21.6.